The lowest BCUT2D eigenvalue weighted by Crippen LogP contribution is -2.30. The summed E-state index contributed by atoms with van der Waals surface area (Å²) >= 11 is 0. The molecule has 0 saturated carbocycles. The third-order valence-electron chi connectivity index (χ3n) is 17.7. The number of carbonyl (C=O) groups is 4. The van der Waals surface area contributed by atoms with Crippen molar-refractivity contribution in [3.05, 3.63) is 0 Å². The first-order valence-corrected chi connectivity index (χ1v) is 42.5. The van der Waals surface area contributed by atoms with Crippen LogP contribution in [0.15, 0.2) is 0 Å². The average Bonchev–Trinajstić information content (AvgIpc) is 1.39. The molecule has 0 aromatic carbocycles. The first kappa shape index (κ1) is 93.1. The van der Waals surface area contributed by atoms with Crippen LogP contribution in [-0.4, -0.2) is 96.7 Å². The molecule has 0 aromatic heterocycles. The number of rotatable bonds is 75. The summed E-state index contributed by atoms with van der Waals surface area (Å²) in [6.07, 6.45) is 55.8. The maximum atomic E-state index is 13.1. The molecular formula is C76H148O17P2. The molecule has 0 amide bonds. The smallest absolute Gasteiger partial charge is 0.462 e. The van der Waals surface area contributed by atoms with Crippen molar-refractivity contribution in [3.63, 3.8) is 0 Å². The van der Waals surface area contributed by atoms with Crippen molar-refractivity contribution in [3.8, 4) is 0 Å². The molecule has 0 aromatic rings. The number of esters is 4. The van der Waals surface area contributed by atoms with Crippen molar-refractivity contribution in [2.45, 2.75) is 413 Å². The zero-order chi connectivity index (χ0) is 70.0. The maximum absolute atomic E-state index is 13.1. The summed E-state index contributed by atoms with van der Waals surface area (Å²) in [6.45, 7) is 9.53. The molecule has 0 saturated heterocycles. The molecule has 0 spiro atoms. The lowest BCUT2D eigenvalue weighted by atomic mass is 10.0. The standard InChI is InChI=1S/C76H148O17P2/c1-7-9-11-13-15-16-17-18-19-20-21-22-23-24-25-26-27-28-36-42-48-54-60-75(80)93-72(65-87-74(79)59-53-47-41-35-31-29-33-39-44-50-56-68(3)4)67-91-95(84,85)89-63-70(77)62-88-94(82,83)90-66-71(64-86-73(78)58-52-46-38-14-12-10-8-2)92-76(81)61-55-49-43-37-32-30-34-40-45-51-57-69(5)6/h68-72,77H,7-67H2,1-6H3,(H,82,83)(H,84,85)/t70-,71+,72+/m0/s1. The van der Waals surface area contributed by atoms with Gasteiger partial charge in [0.2, 0.25) is 0 Å². The summed E-state index contributed by atoms with van der Waals surface area (Å²) in [6, 6.07) is 0. The van der Waals surface area contributed by atoms with E-state index in [4.69, 9.17) is 37.0 Å². The van der Waals surface area contributed by atoms with Crippen molar-refractivity contribution < 1.29 is 80.2 Å². The molecule has 0 fully saturated rings. The molecule has 0 aliphatic heterocycles. The van der Waals surface area contributed by atoms with Gasteiger partial charge in [0.15, 0.2) is 12.2 Å². The third kappa shape index (κ3) is 70.3. The molecule has 0 rings (SSSR count). The van der Waals surface area contributed by atoms with Gasteiger partial charge in [-0.2, -0.15) is 0 Å². The van der Waals surface area contributed by atoms with Crippen LogP contribution in [0.3, 0.4) is 0 Å². The number of hydrogen-bond donors (Lipinski definition) is 3. The number of phosphoric ester groups is 2. The predicted molar refractivity (Wildman–Crippen MR) is 386 cm³/mol. The topological polar surface area (TPSA) is 237 Å². The Morgan fingerprint density at radius 1 is 0.284 bits per heavy atom. The van der Waals surface area contributed by atoms with Gasteiger partial charge in [-0.1, -0.05) is 343 Å². The van der Waals surface area contributed by atoms with E-state index >= 15 is 0 Å². The molecule has 17 nitrogen and oxygen atoms in total. The first-order chi connectivity index (χ1) is 45.9. The molecule has 0 heterocycles. The zero-order valence-corrected chi connectivity index (χ0v) is 63.8. The van der Waals surface area contributed by atoms with E-state index in [2.05, 4.69) is 41.5 Å². The van der Waals surface area contributed by atoms with E-state index in [-0.39, 0.29) is 25.7 Å². The third-order valence-corrected chi connectivity index (χ3v) is 19.6. The van der Waals surface area contributed by atoms with Crippen molar-refractivity contribution in [2.24, 2.45) is 11.8 Å². The summed E-state index contributed by atoms with van der Waals surface area (Å²) in [5.74, 6) is -0.612. The number of hydrogen-bond acceptors (Lipinski definition) is 15. The number of aliphatic hydroxyl groups excluding tert-OH is 1. The van der Waals surface area contributed by atoms with Crippen LogP contribution >= 0.6 is 15.6 Å². The second-order valence-corrected chi connectivity index (χ2v) is 31.3. The summed E-state index contributed by atoms with van der Waals surface area (Å²) in [4.78, 5) is 72.6. The highest BCUT2D eigenvalue weighted by Gasteiger charge is 2.30. The van der Waals surface area contributed by atoms with Gasteiger partial charge < -0.3 is 33.8 Å². The summed E-state index contributed by atoms with van der Waals surface area (Å²) in [7, 11) is -9.90. The van der Waals surface area contributed by atoms with Gasteiger partial charge in [0.1, 0.15) is 19.3 Å². The van der Waals surface area contributed by atoms with E-state index in [0.29, 0.717) is 25.7 Å². The van der Waals surface area contributed by atoms with Gasteiger partial charge in [0.25, 0.3) is 0 Å². The Balaban J connectivity index is 5.14. The average molecular weight is 1400 g/mol. The highest BCUT2D eigenvalue weighted by Crippen LogP contribution is 2.45. The normalized spacial score (nSPS) is 14.0. The Hall–Kier alpha value is -1.94. The lowest BCUT2D eigenvalue weighted by molar-refractivity contribution is -0.161. The quantitative estimate of drug-likeness (QED) is 0.0222. The van der Waals surface area contributed by atoms with Gasteiger partial charge in [0.05, 0.1) is 26.4 Å². The number of unbranched alkanes of at least 4 members (excludes halogenated alkanes) is 45. The Morgan fingerprint density at radius 2 is 0.484 bits per heavy atom. The second-order valence-electron chi connectivity index (χ2n) is 28.3. The van der Waals surface area contributed by atoms with Crippen LogP contribution in [0.25, 0.3) is 0 Å². The zero-order valence-electron chi connectivity index (χ0n) is 62.0. The van der Waals surface area contributed by atoms with E-state index in [0.717, 1.165) is 115 Å². The van der Waals surface area contributed by atoms with Gasteiger partial charge in [-0.25, -0.2) is 9.13 Å². The van der Waals surface area contributed by atoms with Crippen molar-refractivity contribution in [1.29, 1.82) is 0 Å². The van der Waals surface area contributed by atoms with Crippen LogP contribution in [0.1, 0.15) is 395 Å². The van der Waals surface area contributed by atoms with Crippen LogP contribution in [0, 0.1) is 11.8 Å². The van der Waals surface area contributed by atoms with Crippen molar-refractivity contribution in [1.82, 2.24) is 0 Å². The molecule has 0 aliphatic rings. The van der Waals surface area contributed by atoms with E-state index in [1.165, 1.54) is 199 Å². The molecule has 0 radical (unpaired) electrons. The first-order valence-electron chi connectivity index (χ1n) is 39.5. The van der Waals surface area contributed by atoms with E-state index in [1.54, 1.807) is 0 Å². The van der Waals surface area contributed by atoms with E-state index < -0.39 is 97.5 Å². The van der Waals surface area contributed by atoms with Gasteiger partial charge in [-0.3, -0.25) is 37.3 Å². The SMILES string of the molecule is CCCCCCCCCCCCCCCCCCCCCCCCC(=O)O[C@H](COC(=O)CCCCCCCCCCCCC(C)C)COP(=O)(O)OC[C@@H](O)COP(=O)(O)OC[C@@H](COC(=O)CCCCCCCCC)OC(=O)CCCCCCCCCCCCC(C)C. The highest BCUT2D eigenvalue weighted by atomic mass is 31.2. The van der Waals surface area contributed by atoms with E-state index in [9.17, 15) is 43.2 Å². The summed E-state index contributed by atoms with van der Waals surface area (Å²) in [5, 5.41) is 10.6. The predicted octanol–water partition coefficient (Wildman–Crippen LogP) is 22.3. The van der Waals surface area contributed by atoms with Crippen LogP contribution in [0.2, 0.25) is 0 Å². The van der Waals surface area contributed by atoms with Gasteiger partial charge >= 0.3 is 39.5 Å². The van der Waals surface area contributed by atoms with Gasteiger partial charge in [-0.15, -0.1) is 0 Å². The van der Waals surface area contributed by atoms with Crippen LogP contribution in [-0.2, 0) is 65.4 Å². The minimum atomic E-state index is -4.96. The van der Waals surface area contributed by atoms with Gasteiger partial charge in [0, 0.05) is 25.7 Å². The summed E-state index contributed by atoms with van der Waals surface area (Å²) < 4.78 is 68.4. The largest absolute Gasteiger partial charge is 0.472 e. The fourth-order valence-electron chi connectivity index (χ4n) is 11.7. The van der Waals surface area contributed by atoms with Crippen molar-refractivity contribution >= 4 is 39.5 Å². The monoisotopic (exact) mass is 1400 g/mol. The Labute approximate surface area is 581 Å². The van der Waals surface area contributed by atoms with Crippen LogP contribution < -0.4 is 0 Å². The molecule has 0 bridgehead atoms. The number of aliphatic hydroxyl groups is 1. The fraction of sp³-hybridized carbons (Fsp3) is 0.947. The molecule has 0 aliphatic carbocycles. The number of carbonyl (C=O) groups excluding carboxylic acids is 4. The van der Waals surface area contributed by atoms with E-state index in [1.807, 2.05) is 0 Å². The second kappa shape index (κ2) is 67.9. The molecule has 95 heavy (non-hydrogen) atoms. The van der Waals surface area contributed by atoms with Crippen molar-refractivity contribution in [2.75, 3.05) is 39.6 Å². The molecule has 2 unspecified atom stereocenters. The lowest BCUT2D eigenvalue weighted by Gasteiger charge is -2.21. The molecule has 19 heteroatoms. The Kier molecular flexibility index (Phi) is 66.5. The fourth-order valence-corrected chi connectivity index (χ4v) is 13.2. The Bertz CT molecular complexity index is 1840. The summed E-state index contributed by atoms with van der Waals surface area (Å²) in [5.41, 5.74) is 0. The molecule has 564 valence electrons. The minimum absolute atomic E-state index is 0.106. The minimum Gasteiger partial charge on any atom is -0.462 e. The number of phosphoric acid groups is 2. The van der Waals surface area contributed by atoms with Gasteiger partial charge in [-0.05, 0) is 37.5 Å². The molecule has 3 N–H and O–H groups in total. The molecule has 5 atom stereocenters. The number of ether oxygens (including phenoxy) is 4. The molecular weight excluding hydrogens is 1250 g/mol. The van der Waals surface area contributed by atoms with Crippen LogP contribution in [0.4, 0.5) is 0 Å². The van der Waals surface area contributed by atoms with Crippen LogP contribution in [0.5, 0.6) is 0 Å². The Morgan fingerprint density at radius 3 is 0.716 bits per heavy atom. The highest BCUT2D eigenvalue weighted by molar-refractivity contribution is 7.47. The maximum Gasteiger partial charge on any atom is 0.472 e.